The van der Waals surface area contributed by atoms with Crippen LogP contribution >= 0.6 is 0 Å². The summed E-state index contributed by atoms with van der Waals surface area (Å²) in [5.41, 5.74) is 3.77. The van der Waals surface area contributed by atoms with Crippen molar-refractivity contribution in [3.63, 3.8) is 0 Å². The van der Waals surface area contributed by atoms with Crippen LogP contribution < -0.4 is 0 Å². The lowest BCUT2D eigenvalue weighted by Gasteiger charge is -2.33. The average Bonchev–Trinajstić information content (AvgIpc) is 3.06. The molecule has 1 aliphatic rings. The van der Waals surface area contributed by atoms with Crippen molar-refractivity contribution in [3.8, 4) is 0 Å². The van der Waals surface area contributed by atoms with Gasteiger partial charge in [-0.2, -0.15) is 0 Å². The normalized spacial score (nSPS) is 23.1. The van der Waals surface area contributed by atoms with Gasteiger partial charge in [0.05, 0.1) is 0 Å². The first kappa shape index (κ1) is 22.0. The molecule has 1 saturated carbocycles. The summed E-state index contributed by atoms with van der Waals surface area (Å²) >= 11 is 0. The van der Waals surface area contributed by atoms with E-state index in [1.165, 1.54) is 11.1 Å². The van der Waals surface area contributed by atoms with Gasteiger partial charge >= 0.3 is 0 Å². The van der Waals surface area contributed by atoms with Crippen molar-refractivity contribution in [3.05, 3.63) is 71.3 Å². The third kappa shape index (κ3) is 6.12. The Labute approximate surface area is 175 Å². The standard InChI is InChI=1S/C26H35F2N/c1-19(2)29(16-15-21-7-5-4-6-8-21)20(3)9-10-22-11-13-23(14-12-22)24-17-25(27)26(28)18-24/h4-8,11-14,19-20,24-26H,9-10,15-18H2,1-3H3. The predicted octanol–water partition coefficient (Wildman–Crippen LogP) is 6.51. The van der Waals surface area contributed by atoms with Crippen LogP contribution in [0.15, 0.2) is 54.6 Å². The van der Waals surface area contributed by atoms with Crippen LogP contribution in [-0.2, 0) is 12.8 Å². The summed E-state index contributed by atoms with van der Waals surface area (Å²) in [6.07, 6.45) is 1.26. The van der Waals surface area contributed by atoms with Crippen LogP contribution in [0.5, 0.6) is 0 Å². The van der Waals surface area contributed by atoms with E-state index in [9.17, 15) is 8.78 Å². The van der Waals surface area contributed by atoms with E-state index in [0.29, 0.717) is 24.9 Å². The second kappa shape index (κ2) is 10.3. The van der Waals surface area contributed by atoms with Gasteiger partial charge in [-0.3, -0.25) is 4.90 Å². The molecule has 0 spiro atoms. The Morgan fingerprint density at radius 2 is 1.41 bits per heavy atom. The fourth-order valence-corrected chi connectivity index (χ4v) is 4.60. The van der Waals surface area contributed by atoms with Crippen molar-refractivity contribution < 1.29 is 8.78 Å². The summed E-state index contributed by atoms with van der Waals surface area (Å²) in [6.45, 7) is 7.93. The molecule has 0 aromatic heterocycles. The molecule has 2 aromatic rings. The number of halogens is 2. The maximum atomic E-state index is 13.5. The number of nitrogens with zero attached hydrogens (tertiary/aromatic N) is 1. The first-order chi connectivity index (χ1) is 13.9. The van der Waals surface area contributed by atoms with E-state index in [1.807, 2.05) is 0 Å². The van der Waals surface area contributed by atoms with Crippen LogP contribution in [-0.4, -0.2) is 35.9 Å². The van der Waals surface area contributed by atoms with Crippen LogP contribution in [0.2, 0.25) is 0 Å². The molecule has 0 bridgehead atoms. The number of hydrogen-bond acceptors (Lipinski definition) is 1. The summed E-state index contributed by atoms with van der Waals surface area (Å²) in [6, 6.07) is 20.1. The highest BCUT2D eigenvalue weighted by molar-refractivity contribution is 5.27. The summed E-state index contributed by atoms with van der Waals surface area (Å²) in [5, 5.41) is 0. The van der Waals surface area contributed by atoms with E-state index < -0.39 is 12.3 Å². The highest BCUT2D eigenvalue weighted by Gasteiger charge is 2.35. The number of rotatable bonds is 9. The van der Waals surface area contributed by atoms with E-state index in [1.54, 1.807) is 0 Å². The first-order valence-corrected chi connectivity index (χ1v) is 11.1. The monoisotopic (exact) mass is 399 g/mol. The van der Waals surface area contributed by atoms with Crippen molar-refractivity contribution >= 4 is 0 Å². The molecule has 0 N–H and O–H groups in total. The van der Waals surface area contributed by atoms with Crippen LogP contribution in [0.1, 0.15) is 62.6 Å². The average molecular weight is 400 g/mol. The van der Waals surface area contributed by atoms with E-state index in [4.69, 9.17) is 0 Å². The van der Waals surface area contributed by atoms with Crippen LogP contribution in [0.25, 0.3) is 0 Å². The molecule has 158 valence electrons. The molecule has 0 saturated heterocycles. The van der Waals surface area contributed by atoms with Crippen LogP contribution in [0, 0.1) is 0 Å². The van der Waals surface area contributed by atoms with Crippen molar-refractivity contribution in [2.24, 2.45) is 0 Å². The van der Waals surface area contributed by atoms with Crippen molar-refractivity contribution in [1.29, 1.82) is 0 Å². The quantitative estimate of drug-likeness (QED) is 0.464. The van der Waals surface area contributed by atoms with Gasteiger partial charge in [0.25, 0.3) is 0 Å². The molecule has 2 aromatic carbocycles. The Bertz CT molecular complexity index is 718. The van der Waals surface area contributed by atoms with Gasteiger partial charge in [0.2, 0.25) is 0 Å². The SMILES string of the molecule is CC(C)N(CCc1ccccc1)C(C)CCc1ccc(C2CC(F)C(F)C2)cc1. The zero-order valence-electron chi connectivity index (χ0n) is 18.0. The Balaban J connectivity index is 1.50. The largest absolute Gasteiger partial charge is 0.298 e. The van der Waals surface area contributed by atoms with Gasteiger partial charge in [-0.25, -0.2) is 8.78 Å². The molecule has 0 amide bonds. The molecule has 29 heavy (non-hydrogen) atoms. The van der Waals surface area contributed by atoms with Gasteiger partial charge in [0.15, 0.2) is 0 Å². The lowest BCUT2D eigenvalue weighted by Crippen LogP contribution is -2.40. The third-order valence-electron chi connectivity index (χ3n) is 6.44. The Hall–Kier alpha value is -1.74. The number of benzene rings is 2. The number of aryl methyl sites for hydroxylation is 1. The molecule has 0 radical (unpaired) electrons. The van der Waals surface area contributed by atoms with Crippen LogP contribution in [0.4, 0.5) is 8.78 Å². The molecule has 3 unspecified atom stereocenters. The van der Waals surface area contributed by atoms with E-state index >= 15 is 0 Å². The molecular weight excluding hydrogens is 364 g/mol. The number of hydrogen-bond donors (Lipinski definition) is 0. The highest BCUT2D eigenvalue weighted by atomic mass is 19.2. The molecule has 0 aliphatic heterocycles. The van der Waals surface area contributed by atoms with Gasteiger partial charge in [-0.1, -0.05) is 54.6 Å². The maximum absolute atomic E-state index is 13.5. The summed E-state index contributed by atoms with van der Waals surface area (Å²) in [4.78, 5) is 2.59. The first-order valence-electron chi connectivity index (χ1n) is 11.1. The lowest BCUT2D eigenvalue weighted by molar-refractivity contribution is 0.158. The van der Waals surface area contributed by atoms with Gasteiger partial charge in [-0.15, -0.1) is 0 Å². The second-order valence-electron chi connectivity index (χ2n) is 8.90. The van der Waals surface area contributed by atoms with Gasteiger partial charge in [-0.05, 0) is 75.5 Å². The fourth-order valence-electron chi connectivity index (χ4n) is 4.60. The van der Waals surface area contributed by atoms with Crippen LogP contribution in [0.3, 0.4) is 0 Å². The zero-order valence-corrected chi connectivity index (χ0v) is 18.0. The van der Waals surface area contributed by atoms with Crippen molar-refractivity contribution in [1.82, 2.24) is 4.90 Å². The smallest absolute Gasteiger partial charge is 0.132 e. The predicted molar refractivity (Wildman–Crippen MR) is 118 cm³/mol. The van der Waals surface area contributed by atoms with Gasteiger partial charge < -0.3 is 0 Å². The molecule has 3 atom stereocenters. The van der Waals surface area contributed by atoms with E-state index in [0.717, 1.165) is 31.4 Å². The third-order valence-corrected chi connectivity index (χ3v) is 6.44. The maximum Gasteiger partial charge on any atom is 0.132 e. The van der Waals surface area contributed by atoms with Crippen molar-refractivity contribution in [2.45, 2.75) is 83.2 Å². The second-order valence-corrected chi connectivity index (χ2v) is 8.90. The summed E-state index contributed by atoms with van der Waals surface area (Å²) in [7, 11) is 0. The lowest BCUT2D eigenvalue weighted by atomic mass is 9.95. The van der Waals surface area contributed by atoms with Crippen molar-refractivity contribution in [2.75, 3.05) is 6.54 Å². The molecule has 1 aliphatic carbocycles. The zero-order chi connectivity index (χ0) is 20.8. The number of alkyl halides is 2. The molecule has 3 heteroatoms. The summed E-state index contributed by atoms with van der Waals surface area (Å²) < 4.78 is 26.9. The van der Waals surface area contributed by atoms with Gasteiger partial charge in [0.1, 0.15) is 12.3 Å². The Kier molecular flexibility index (Phi) is 7.83. The molecule has 1 nitrogen and oxygen atoms in total. The van der Waals surface area contributed by atoms with Gasteiger partial charge in [0, 0.05) is 18.6 Å². The topological polar surface area (TPSA) is 3.24 Å². The summed E-state index contributed by atoms with van der Waals surface area (Å²) in [5.74, 6) is 0.0300. The fraction of sp³-hybridized carbons (Fsp3) is 0.538. The molecular formula is C26H35F2N. The minimum Gasteiger partial charge on any atom is -0.298 e. The van der Waals surface area contributed by atoms with E-state index in [-0.39, 0.29) is 5.92 Å². The molecule has 1 fully saturated rings. The molecule has 3 rings (SSSR count). The minimum absolute atomic E-state index is 0.0300. The highest BCUT2D eigenvalue weighted by Crippen LogP contribution is 2.38. The minimum atomic E-state index is -1.29. The molecule has 0 heterocycles. The Morgan fingerprint density at radius 1 is 0.828 bits per heavy atom. The van der Waals surface area contributed by atoms with E-state index in [2.05, 4.69) is 80.3 Å². The Morgan fingerprint density at radius 3 is 2.00 bits per heavy atom.